The number of benzene rings is 1. The number of allylic oxidation sites excluding steroid dienone is 1. The van der Waals surface area contributed by atoms with Gasteiger partial charge in [-0.05, 0) is 48.6 Å². The number of hydrogen-bond acceptors (Lipinski definition) is 3. The molecule has 1 atom stereocenters. The van der Waals surface area contributed by atoms with Crippen LogP contribution in [0.1, 0.15) is 31.7 Å². The number of carbonyl (C=O) groups excluding carboxylic acids is 1. The number of Topliss-reactive ketones (excluding diaryl/α,β-unsaturated/α-hetero) is 1. The third kappa shape index (κ3) is 2.98. The number of ether oxygens (including phenoxy) is 2. The van der Waals surface area contributed by atoms with Gasteiger partial charge in [-0.3, -0.25) is 4.79 Å². The number of carbonyl (C=O) groups is 1. The summed E-state index contributed by atoms with van der Waals surface area (Å²) in [7, 11) is 3.23. The van der Waals surface area contributed by atoms with Crippen molar-refractivity contribution in [3.05, 3.63) is 29.3 Å². The van der Waals surface area contributed by atoms with Crippen molar-refractivity contribution in [2.75, 3.05) is 14.2 Å². The van der Waals surface area contributed by atoms with Crippen molar-refractivity contribution in [3.8, 4) is 11.5 Å². The number of rotatable bonds is 3. The summed E-state index contributed by atoms with van der Waals surface area (Å²) in [5.41, 5.74) is 1.90. The lowest BCUT2D eigenvalue weighted by Gasteiger charge is -2.19. The largest absolute Gasteiger partial charge is 0.493 e. The molecule has 1 aliphatic rings. The summed E-state index contributed by atoms with van der Waals surface area (Å²) in [5, 5.41) is 0. The summed E-state index contributed by atoms with van der Waals surface area (Å²) in [6.07, 6.45) is 4.94. The zero-order valence-corrected chi connectivity index (χ0v) is 11.7. The van der Waals surface area contributed by atoms with E-state index in [0.29, 0.717) is 11.5 Å². The minimum Gasteiger partial charge on any atom is -0.493 e. The molecule has 1 saturated carbocycles. The van der Waals surface area contributed by atoms with Gasteiger partial charge in [0.2, 0.25) is 0 Å². The Labute approximate surface area is 114 Å². The molecule has 0 aromatic heterocycles. The van der Waals surface area contributed by atoms with E-state index in [1.807, 2.05) is 31.2 Å². The third-order valence-corrected chi connectivity index (χ3v) is 3.60. The molecule has 1 aromatic rings. The van der Waals surface area contributed by atoms with E-state index in [1.165, 1.54) is 0 Å². The first-order chi connectivity index (χ1) is 9.15. The predicted octanol–water partition coefficient (Wildman–Crippen LogP) is 3.48. The zero-order valence-electron chi connectivity index (χ0n) is 11.7. The van der Waals surface area contributed by atoms with Gasteiger partial charge < -0.3 is 9.47 Å². The van der Waals surface area contributed by atoms with Crippen molar-refractivity contribution in [1.29, 1.82) is 0 Å². The molecule has 0 N–H and O–H groups in total. The second-order valence-corrected chi connectivity index (χ2v) is 4.94. The van der Waals surface area contributed by atoms with E-state index >= 15 is 0 Å². The van der Waals surface area contributed by atoms with Gasteiger partial charge in [-0.15, -0.1) is 0 Å². The van der Waals surface area contributed by atoms with Crippen LogP contribution in [0.3, 0.4) is 0 Å². The highest BCUT2D eigenvalue weighted by Crippen LogP contribution is 2.31. The van der Waals surface area contributed by atoms with Gasteiger partial charge in [-0.25, -0.2) is 0 Å². The monoisotopic (exact) mass is 260 g/mol. The summed E-state index contributed by atoms with van der Waals surface area (Å²) in [5.74, 6) is 1.82. The molecule has 1 fully saturated rings. The Balaban J connectivity index is 2.29. The van der Waals surface area contributed by atoms with Gasteiger partial charge in [0.15, 0.2) is 17.3 Å². The normalized spacial score (nSPS) is 21.5. The standard InChI is InChI=1S/C16H20O3/c1-11-5-4-6-13(16(11)17)9-12-7-8-14(18-2)15(10-12)19-3/h7-11H,4-6H2,1-3H3/b13-9+. The van der Waals surface area contributed by atoms with Crippen molar-refractivity contribution in [3.63, 3.8) is 0 Å². The van der Waals surface area contributed by atoms with Crippen molar-refractivity contribution < 1.29 is 14.3 Å². The number of ketones is 1. The van der Waals surface area contributed by atoms with E-state index in [4.69, 9.17) is 9.47 Å². The Morgan fingerprint density at radius 3 is 2.63 bits per heavy atom. The van der Waals surface area contributed by atoms with Crippen LogP contribution >= 0.6 is 0 Å². The third-order valence-electron chi connectivity index (χ3n) is 3.60. The molecule has 0 aliphatic heterocycles. The van der Waals surface area contributed by atoms with Gasteiger partial charge in [0, 0.05) is 5.92 Å². The molecule has 3 nitrogen and oxygen atoms in total. The van der Waals surface area contributed by atoms with Crippen LogP contribution in [0.15, 0.2) is 23.8 Å². The van der Waals surface area contributed by atoms with Crippen LogP contribution in [0.4, 0.5) is 0 Å². The van der Waals surface area contributed by atoms with Gasteiger partial charge in [0.25, 0.3) is 0 Å². The fourth-order valence-corrected chi connectivity index (χ4v) is 2.46. The molecule has 1 aromatic carbocycles. The SMILES string of the molecule is COc1ccc(/C=C2\CCCC(C)C2=O)cc1OC. The highest BCUT2D eigenvalue weighted by atomic mass is 16.5. The maximum absolute atomic E-state index is 12.1. The Bertz CT molecular complexity index is 503. The second kappa shape index (κ2) is 5.91. The summed E-state index contributed by atoms with van der Waals surface area (Å²) in [6.45, 7) is 2.00. The van der Waals surface area contributed by atoms with E-state index in [0.717, 1.165) is 30.4 Å². The first-order valence-corrected chi connectivity index (χ1v) is 6.62. The molecule has 1 unspecified atom stereocenters. The van der Waals surface area contributed by atoms with E-state index in [-0.39, 0.29) is 11.7 Å². The lowest BCUT2D eigenvalue weighted by molar-refractivity contribution is -0.119. The van der Waals surface area contributed by atoms with Crippen molar-refractivity contribution >= 4 is 11.9 Å². The summed E-state index contributed by atoms with van der Waals surface area (Å²) in [4.78, 5) is 12.1. The summed E-state index contributed by atoms with van der Waals surface area (Å²) < 4.78 is 10.5. The maximum atomic E-state index is 12.1. The molecule has 0 radical (unpaired) electrons. The van der Waals surface area contributed by atoms with E-state index in [2.05, 4.69) is 0 Å². The topological polar surface area (TPSA) is 35.5 Å². The molecule has 0 heterocycles. The summed E-state index contributed by atoms with van der Waals surface area (Å²) in [6, 6.07) is 5.71. The molecule has 0 bridgehead atoms. The Hall–Kier alpha value is -1.77. The Morgan fingerprint density at radius 2 is 1.95 bits per heavy atom. The van der Waals surface area contributed by atoms with Crippen LogP contribution < -0.4 is 9.47 Å². The fourth-order valence-electron chi connectivity index (χ4n) is 2.46. The molecule has 102 valence electrons. The molecule has 3 heteroatoms. The molecule has 1 aliphatic carbocycles. The minimum atomic E-state index is 0.153. The molecule has 2 rings (SSSR count). The molecule has 0 amide bonds. The highest BCUT2D eigenvalue weighted by Gasteiger charge is 2.22. The molecule has 0 spiro atoms. The van der Waals surface area contributed by atoms with Crippen LogP contribution in [0.25, 0.3) is 6.08 Å². The lowest BCUT2D eigenvalue weighted by atomic mass is 9.84. The quantitative estimate of drug-likeness (QED) is 0.781. The first kappa shape index (κ1) is 13.7. The van der Waals surface area contributed by atoms with Gasteiger partial charge in [0.1, 0.15) is 0 Å². The van der Waals surface area contributed by atoms with Gasteiger partial charge in [-0.2, -0.15) is 0 Å². The van der Waals surface area contributed by atoms with Crippen LogP contribution in [0, 0.1) is 5.92 Å². The van der Waals surface area contributed by atoms with Gasteiger partial charge in [0.05, 0.1) is 14.2 Å². The Kier molecular flexibility index (Phi) is 4.25. The van der Waals surface area contributed by atoms with Crippen LogP contribution in [0.2, 0.25) is 0 Å². The smallest absolute Gasteiger partial charge is 0.161 e. The van der Waals surface area contributed by atoms with E-state index < -0.39 is 0 Å². The van der Waals surface area contributed by atoms with Crippen molar-refractivity contribution in [1.82, 2.24) is 0 Å². The molecular formula is C16H20O3. The van der Waals surface area contributed by atoms with Crippen LogP contribution in [-0.2, 0) is 4.79 Å². The van der Waals surface area contributed by atoms with E-state index in [9.17, 15) is 4.79 Å². The number of hydrogen-bond donors (Lipinski definition) is 0. The average Bonchev–Trinajstić information content (AvgIpc) is 2.43. The highest BCUT2D eigenvalue weighted by molar-refractivity contribution is 6.01. The van der Waals surface area contributed by atoms with Gasteiger partial charge >= 0.3 is 0 Å². The second-order valence-electron chi connectivity index (χ2n) is 4.94. The van der Waals surface area contributed by atoms with Crippen LogP contribution in [0.5, 0.6) is 11.5 Å². The molecule has 19 heavy (non-hydrogen) atoms. The lowest BCUT2D eigenvalue weighted by Crippen LogP contribution is -2.18. The zero-order chi connectivity index (χ0) is 13.8. The van der Waals surface area contributed by atoms with Gasteiger partial charge in [-0.1, -0.05) is 13.0 Å². The van der Waals surface area contributed by atoms with Crippen molar-refractivity contribution in [2.24, 2.45) is 5.92 Å². The number of methoxy groups -OCH3 is 2. The fraction of sp³-hybridized carbons (Fsp3) is 0.438. The Morgan fingerprint density at radius 1 is 1.21 bits per heavy atom. The predicted molar refractivity (Wildman–Crippen MR) is 75.5 cm³/mol. The van der Waals surface area contributed by atoms with E-state index in [1.54, 1.807) is 14.2 Å². The average molecular weight is 260 g/mol. The summed E-state index contributed by atoms with van der Waals surface area (Å²) >= 11 is 0. The minimum absolute atomic E-state index is 0.153. The maximum Gasteiger partial charge on any atom is 0.161 e. The molecule has 0 saturated heterocycles. The first-order valence-electron chi connectivity index (χ1n) is 6.62. The van der Waals surface area contributed by atoms with Crippen LogP contribution in [-0.4, -0.2) is 20.0 Å². The van der Waals surface area contributed by atoms with Crippen molar-refractivity contribution in [2.45, 2.75) is 26.2 Å². The molecular weight excluding hydrogens is 240 g/mol.